The van der Waals surface area contributed by atoms with Gasteiger partial charge in [-0.15, -0.1) is 0 Å². The van der Waals surface area contributed by atoms with E-state index in [9.17, 15) is 0 Å². The molecule has 2 fully saturated rings. The van der Waals surface area contributed by atoms with Crippen molar-refractivity contribution in [3.63, 3.8) is 0 Å². The largest absolute Gasteiger partial charge is 0.494 e. The molecule has 1 heterocycles. The quantitative estimate of drug-likeness (QED) is 0.667. The first-order chi connectivity index (χ1) is 12.7. The van der Waals surface area contributed by atoms with Gasteiger partial charge in [0.2, 0.25) is 0 Å². The molecule has 5 heteroatoms. The highest BCUT2D eigenvalue weighted by molar-refractivity contribution is 7.80. The number of hydrogen-bond acceptors (Lipinski definition) is 2. The van der Waals surface area contributed by atoms with Gasteiger partial charge in [-0.25, -0.2) is 0 Å². The van der Waals surface area contributed by atoms with E-state index in [2.05, 4.69) is 10.6 Å². The zero-order valence-electron chi connectivity index (χ0n) is 16.1. The predicted octanol–water partition coefficient (Wildman–Crippen LogP) is 3.14. The first kappa shape index (κ1) is 19.4. The van der Waals surface area contributed by atoms with E-state index < -0.39 is 0 Å². The highest BCUT2D eigenvalue weighted by Crippen LogP contribution is 2.26. The lowest BCUT2D eigenvalue weighted by Crippen LogP contribution is -3.22. The molecular formula is C21H34N3OS+. The lowest BCUT2D eigenvalue weighted by molar-refractivity contribution is -0.957. The van der Waals surface area contributed by atoms with Gasteiger partial charge in [0.15, 0.2) is 5.11 Å². The van der Waals surface area contributed by atoms with E-state index in [1.165, 1.54) is 64.5 Å². The molecule has 1 aromatic rings. The number of hydrogen-bond donors (Lipinski definition) is 3. The summed E-state index contributed by atoms with van der Waals surface area (Å²) < 4.78 is 5.49. The Hall–Kier alpha value is -1.33. The van der Waals surface area contributed by atoms with Crippen molar-refractivity contribution in [2.24, 2.45) is 0 Å². The Morgan fingerprint density at radius 2 is 1.69 bits per heavy atom. The second kappa shape index (κ2) is 9.56. The minimum absolute atomic E-state index is 0.378. The maximum Gasteiger partial charge on any atom is 0.171 e. The summed E-state index contributed by atoms with van der Waals surface area (Å²) in [7, 11) is 0. The zero-order chi connectivity index (χ0) is 18.2. The molecule has 1 aliphatic carbocycles. The van der Waals surface area contributed by atoms with Crippen LogP contribution in [0.15, 0.2) is 24.3 Å². The fourth-order valence-corrected chi connectivity index (χ4v) is 4.81. The average Bonchev–Trinajstić information content (AvgIpc) is 2.70. The number of piperidine rings is 1. The van der Waals surface area contributed by atoms with Crippen LogP contribution in [0.5, 0.6) is 5.75 Å². The molecule has 2 aliphatic rings. The number of anilines is 1. The lowest BCUT2D eigenvalue weighted by Gasteiger charge is -2.45. The molecule has 0 spiro atoms. The molecule has 26 heavy (non-hydrogen) atoms. The van der Waals surface area contributed by atoms with E-state index in [-0.39, 0.29) is 0 Å². The Balaban J connectivity index is 1.55. The number of quaternary nitrogens is 1. The second-order valence-corrected chi connectivity index (χ2v) is 8.18. The van der Waals surface area contributed by atoms with Gasteiger partial charge in [0.25, 0.3) is 0 Å². The molecule has 1 saturated heterocycles. The number of benzene rings is 1. The maximum atomic E-state index is 5.58. The molecule has 1 aliphatic heterocycles. The Morgan fingerprint density at radius 3 is 2.35 bits per heavy atom. The summed E-state index contributed by atoms with van der Waals surface area (Å²) in [5, 5.41) is 7.61. The smallest absolute Gasteiger partial charge is 0.171 e. The van der Waals surface area contributed by atoms with Gasteiger partial charge in [0.1, 0.15) is 11.3 Å². The Morgan fingerprint density at radius 1 is 1.04 bits per heavy atom. The third kappa shape index (κ3) is 5.10. The summed E-state index contributed by atoms with van der Waals surface area (Å²) in [4.78, 5) is 1.82. The summed E-state index contributed by atoms with van der Waals surface area (Å²) in [6.07, 6.45) is 11.0. The minimum Gasteiger partial charge on any atom is -0.494 e. The molecular weight excluding hydrogens is 342 g/mol. The average molecular weight is 377 g/mol. The van der Waals surface area contributed by atoms with E-state index in [1.807, 2.05) is 36.1 Å². The van der Waals surface area contributed by atoms with Crippen molar-refractivity contribution >= 4 is 23.0 Å². The predicted molar refractivity (Wildman–Crippen MR) is 112 cm³/mol. The molecule has 0 bridgehead atoms. The summed E-state index contributed by atoms with van der Waals surface area (Å²) in [6, 6.07) is 8.00. The van der Waals surface area contributed by atoms with Crippen LogP contribution in [0.4, 0.5) is 5.69 Å². The highest BCUT2D eigenvalue weighted by Gasteiger charge is 2.42. The molecule has 3 N–H and O–H groups in total. The first-order valence-corrected chi connectivity index (χ1v) is 10.8. The van der Waals surface area contributed by atoms with Gasteiger partial charge in [-0.1, -0.05) is 6.42 Å². The molecule has 3 rings (SSSR count). The van der Waals surface area contributed by atoms with Crippen molar-refractivity contribution in [3.05, 3.63) is 24.3 Å². The summed E-state index contributed by atoms with van der Waals surface area (Å²) in [5.74, 6) is 0.895. The molecule has 0 amide bonds. The van der Waals surface area contributed by atoms with Gasteiger partial charge in [-0.05, 0) is 75.5 Å². The lowest BCUT2D eigenvalue weighted by atomic mass is 9.79. The number of nitrogens with one attached hydrogen (secondary N) is 3. The topological polar surface area (TPSA) is 37.7 Å². The standard InChI is InChI=1S/C21H33N3OS/c1-2-25-19-11-9-18(10-12-19)23-20(26)22-17-21(13-5-3-6-14-21)24-15-7-4-8-16-24/h9-12H,2-8,13-17H2,1H3,(H2,22,23,26)/p+1. The zero-order valence-corrected chi connectivity index (χ0v) is 16.9. The van der Waals surface area contributed by atoms with Crippen molar-refractivity contribution in [3.8, 4) is 5.75 Å². The van der Waals surface area contributed by atoms with Crippen LogP contribution >= 0.6 is 12.2 Å². The summed E-state index contributed by atoms with van der Waals surface area (Å²) in [5.41, 5.74) is 1.39. The van der Waals surface area contributed by atoms with Gasteiger partial charge in [-0.2, -0.15) is 0 Å². The van der Waals surface area contributed by atoms with E-state index in [1.54, 1.807) is 0 Å². The number of rotatable bonds is 6. The highest BCUT2D eigenvalue weighted by atomic mass is 32.1. The van der Waals surface area contributed by atoms with Crippen molar-refractivity contribution in [1.29, 1.82) is 0 Å². The molecule has 0 atom stereocenters. The van der Waals surface area contributed by atoms with Gasteiger partial charge >= 0.3 is 0 Å². The Bertz CT molecular complexity index is 563. The molecule has 4 nitrogen and oxygen atoms in total. The summed E-state index contributed by atoms with van der Waals surface area (Å²) >= 11 is 5.58. The van der Waals surface area contributed by atoms with Crippen LogP contribution in [0.2, 0.25) is 0 Å². The number of ether oxygens (including phenoxy) is 1. The normalized spacial score (nSPS) is 20.3. The Labute approximate surface area is 163 Å². The molecule has 1 aromatic carbocycles. The van der Waals surface area contributed by atoms with Gasteiger partial charge in [0.05, 0.1) is 26.2 Å². The molecule has 0 aromatic heterocycles. The van der Waals surface area contributed by atoms with Crippen LogP contribution in [0.3, 0.4) is 0 Å². The van der Waals surface area contributed by atoms with Crippen LogP contribution in [0.25, 0.3) is 0 Å². The molecule has 144 valence electrons. The monoisotopic (exact) mass is 376 g/mol. The van der Waals surface area contributed by atoms with Crippen LogP contribution < -0.4 is 20.3 Å². The van der Waals surface area contributed by atoms with Crippen LogP contribution in [-0.2, 0) is 0 Å². The molecule has 1 saturated carbocycles. The fraction of sp³-hybridized carbons (Fsp3) is 0.667. The third-order valence-electron chi connectivity index (χ3n) is 6.03. The molecule has 0 radical (unpaired) electrons. The minimum atomic E-state index is 0.378. The Kier molecular flexibility index (Phi) is 7.15. The SMILES string of the molecule is CCOc1ccc(NC(=S)NCC2([NH+]3CCCCC3)CCCCC2)cc1. The fourth-order valence-electron chi connectivity index (χ4n) is 4.62. The van der Waals surface area contributed by atoms with Crippen LogP contribution in [0.1, 0.15) is 58.3 Å². The van der Waals surface area contributed by atoms with Crippen LogP contribution in [-0.4, -0.2) is 36.9 Å². The number of likely N-dealkylation sites (tertiary alicyclic amines) is 1. The van der Waals surface area contributed by atoms with Gasteiger partial charge in [0, 0.05) is 18.5 Å². The van der Waals surface area contributed by atoms with Gasteiger partial charge in [-0.3, -0.25) is 0 Å². The van der Waals surface area contributed by atoms with E-state index in [0.717, 1.165) is 23.1 Å². The van der Waals surface area contributed by atoms with Crippen molar-refractivity contribution in [1.82, 2.24) is 5.32 Å². The number of thiocarbonyl (C=S) groups is 1. The van der Waals surface area contributed by atoms with E-state index >= 15 is 0 Å². The van der Waals surface area contributed by atoms with Crippen molar-refractivity contribution < 1.29 is 9.64 Å². The summed E-state index contributed by atoms with van der Waals surface area (Å²) in [6.45, 7) is 6.34. The third-order valence-corrected chi connectivity index (χ3v) is 6.27. The second-order valence-electron chi connectivity index (χ2n) is 7.77. The van der Waals surface area contributed by atoms with Gasteiger partial charge < -0.3 is 20.3 Å². The first-order valence-electron chi connectivity index (χ1n) is 10.3. The van der Waals surface area contributed by atoms with Crippen molar-refractivity contribution in [2.75, 3.05) is 31.6 Å². The van der Waals surface area contributed by atoms with Crippen LogP contribution in [0, 0.1) is 0 Å². The molecule has 0 unspecified atom stereocenters. The van der Waals surface area contributed by atoms with E-state index in [0.29, 0.717) is 12.1 Å². The maximum absolute atomic E-state index is 5.58. The van der Waals surface area contributed by atoms with Crippen molar-refractivity contribution in [2.45, 2.75) is 63.8 Å². The van der Waals surface area contributed by atoms with E-state index in [4.69, 9.17) is 17.0 Å².